The van der Waals surface area contributed by atoms with Crippen molar-refractivity contribution in [1.29, 1.82) is 0 Å². The molecule has 0 bridgehead atoms. The highest BCUT2D eigenvalue weighted by Crippen LogP contribution is 2.43. The van der Waals surface area contributed by atoms with Crippen LogP contribution in [0.25, 0.3) is 10.9 Å². The Kier molecular flexibility index (Phi) is 8.77. The molecule has 1 saturated carbocycles. The maximum atomic E-state index is 13.8. The third-order valence-corrected chi connectivity index (χ3v) is 9.23. The van der Waals surface area contributed by atoms with E-state index in [0.717, 1.165) is 30.2 Å². The van der Waals surface area contributed by atoms with Gasteiger partial charge >= 0.3 is 0 Å². The number of aromatic nitrogens is 1. The van der Waals surface area contributed by atoms with E-state index < -0.39 is 43.9 Å². The number of Topliss-reactive ketones (excluding diaryl/α,β-unsaturated/α-hetero) is 1. The van der Waals surface area contributed by atoms with Crippen molar-refractivity contribution in [2.75, 3.05) is 33.5 Å². The van der Waals surface area contributed by atoms with Crippen LogP contribution in [0.2, 0.25) is 0 Å². The molecule has 14 heteroatoms. The van der Waals surface area contributed by atoms with Gasteiger partial charge in [-0.25, -0.2) is 0 Å². The Morgan fingerprint density at radius 1 is 1.24 bits per heavy atom. The number of H-pyrrole nitrogens is 1. The van der Waals surface area contributed by atoms with Gasteiger partial charge in [-0.05, 0) is 62.0 Å². The van der Waals surface area contributed by atoms with Crippen LogP contribution in [0.3, 0.4) is 0 Å². The maximum absolute atomic E-state index is 13.8. The Hall–Kier alpha value is -3.22. The largest absolute Gasteiger partial charge is 0.496 e. The van der Waals surface area contributed by atoms with Crippen molar-refractivity contribution in [2.24, 2.45) is 17.8 Å². The number of rotatable bonds is 11. The summed E-state index contributed by atoms with van der Waals surface area (Å²) in [5.41, 5.74) is 1.06. The Bertz CT molecular complexity index is 1420. The van der Waals surface area contributed by atoms with Gasteiger partial charge in [0.2, 0.25) is 19.4 Å². The zero-order valence-corrected chi connectivity index (χ0v) is 24.3. The van der Waals surface area contributed by atoms with Crippen molar-refractivity contribution in [2.45, 2.75) is 44.2 Å². The molecule has 3 aliphatic rings. The first kappa shape index (κ1) is 30.2. The predicted molar refractivity (Wildman–Crippen MR) is 153 cm³/mol. The molecular weight excluding hydrogens is 567 g/mol. The standard InChI is InChI=1S/C28H37N4O9P/c1-40-24-8-4-7-20-19(24)12-22(29-20)28(37)32-13-17-5-3-6-18(17)25(32)26(35)30-21(23(34)14-33)11-16-9-10-31(27(16)36)15-41-42(2,38)39/h4,7-8,12,16-18,21,25,29,33,38-39H,2-3,5-6,9-11,13-15H2,1H3,(H,30,35). The first-order valence-corrected chi connectivity index (χ1v) is 15.8. The van der Waals surface area contributed by atoms with E-state index in [-0.39, 0.29) is 43.3 Å². The number of nitrogens with one attached hydrogen (secondary N) is 2. The number of aliphatic hydroxyl groups excluding tert-OH is 1. The summed E-state index contributed by atoms with van der Waals surface area (Å²) in [5.74, 6) is -1.76. The van der Waals surface area contributed by atoms with E-state index in [1.54, 1.807) is 24.1 Å². The van der Waals surface area contributed by atoms with Gasteiger partial charge < -0.3 is 39.7 Å². The molecular formula is C28H37N4O9P. The average molecular weight is 605 g/mol. The third-order valence-electron chi connectivity index (χ3n) is 8.70. The average Bonchev–Trinajstić information content (AvgIpc) is 3.73. The number of methoxy groups -OCH3 is 1. The van der Waals surface area contributed by atoms with Crippen LogP contribution in [-0.4, -0.2) is 105 Å². The number of hydrogen-bond donors (Lipinski definition) is 5. The minimum absolute atomic E-state index is 0.0417. The van der Waals surface area contributed by atoms with Gasteiger partial charge in [-0.1, -0.05) is 12.5 Å². The van der Waals surface area contributed by atoms with Crippen LogP contribution in [0.1, 0.15) is 42.6 Å². The maximum Gasteiger partial charge on any atom is 0.271 e. The number of ether oxygens (including phenoxy) is 1. The number of ketones is 1. The fraction of sp³-hybridized carbons (Fsp3) is 0.536. The molecule has 42 heavy (non-hydrogen) atoms. The van der Waals surface area contributed by atoms with E-state index in [9.17, 15) is 34.1 Å². The molecule has 5 unspecified atom stereocenters. The molecule has 2 saturated heterocycles. The van der Waals surface area contributed by atoms with Gasteiger partial charge in [0.05, 0.1) is 13.2 Å². The number of likely N-dealkylation sites (tertiary alicyclic amines) is 2. The SMILES string of the molecule is C=P(O)(O)OCN1CCC(CC(NC(=O)C2C3CCCC3CN2C(=O)c2cc3c(OC)cccc3[nH]2)C(=O)CO)C1=O. The first-order chi connectivity index (χ1) is 20.0. The van der Waals surface area contributed by atoms with Crippen LogP contribution in [0, 0.1) is 17.8 Å². The van der Waals surface area contributed by atoms with Gasteiger partial charge in [0, 0.05) is 29.9 Å². The van der Waals surface area contributed by atoms with Crippen LogP contribution in [-0.2, 0) is 18.9 Å². The fourth-order valence-electron chi connectivity index (χ4n) is 6.66. The minimum Gasteiger partial charge on any atom is -0.496 e. The number of benzene rings is 1. The first-order valence-electron chi connectivity index (χ1n) is 14.0. The lowest BCUT2D eigenvalue weighted by Crippen LogP contribution is -2.53. The Morgan fingerprint density at radius 2 is 2.02 bits per heavy atom. The predicted octanol–water partition coefficient (Wildman–Crippen LogP) is 0.855. The van der Waals surface area contributed by atoms with E-state index >= 15 is 0 Å². The van der Waals surface area contributed by atoms with E-state index in [1.165, 1.54) is 4.90 Å². The molecule has 3 fully saturated rings. The van der Waals surface area contributed by atoms with Crippen molar-refractivity contribution in [3.8, 4) is 5.75 Å². The van der Waals surface area contributed by atoms with Gasteiger partial charge in [0.15, 0.2) is 5.78 Å². The summed E-state index contributed by atoms with van der Waals surface area (Å²) in [6, 6.07) is 5.23. The molecule has 5 N–H and O–H groups in total. The highest BCUT2D eigenvalue weighted by atomic mass is 31.2. The second-order valence-electron chi connectivity index (χ2n) is 11.3. The summed E-state index contributed by atoms with van der Waals surface area (Å²) in [5, 5.41) is 13.2. The Labute approximate surface area is 243 Å². The summed E-state index contributed by atoms with van der Waals surface area (Å²) in [6.45, 7) is -0.499. The van der Waals surface area contributed by atoms with E-state index in [1.807, 2.05) is 12.1 Å². The normalized spacial score (nSPS) is 24.7. The number of nitrogens with zero attached hydrogens (tertiary/aromatic N) is 2. The zero-order valence-electron chi connectivity index (χ0n) is 23.4. The van der Waals surface area contributed by atoms with Gasteiger partial charge in [0.25, 0.3) is 5.91 Å². The van der Waals surface area contributed by atoms with Crippen LogP contribution >= 0.6 is 7.57 Å². The zero-order chi connectivity index (χ0) is 30.2. The van der Waals surface area contributed by atoms with Gasteiger partial charge in [-0.3, -0.25) is 23.7 Å². The van der Waals surface area contributed by atoms with E-state index in [4.69, 9.17) is 9.26 Å². The lowest BCUT2D eigenvalue weighted by atomic mass is 9.92. The number of carbonyl (C=O) groups is 4. The number of amides is 3. The third kappa shape index (κ3) is 6.11. The molecule has 1 aliphatic carbocycles. The molecule has 2 aliphatic heterocycles. The van der Waals surface area contributed by atoms with Crippen molar-refractivity contribution in [3.63, 3.8) is 0 Å². The van der Waals surface area contributed by atoms with Gasteiger partial charge in [0.1, 0.15) is 30.8 Å². The lowest BCUT2D eigenvalue weighted by molar-refractivity contribution is -0.136. The van der Waals surface area contributed by atoms with Crippen molar-refractivity contribution < 1.29 is 43.3 Å². The Balaban J connectivity index is 1.33. The van der Waals surface area contributed by atoms with Crippen LogP contribution in [0.15, 0.2) is 24.3 Å². The molecule has 1 aromatic heterocycles. The van der Waals surface area contributed by atoms with Crippen LogP contribution < -0.4 is 10.1 Å². The Morgan fingerprint density at radius 3 is 2.74 bits per heavy atom. The van der Waals surface area contributed by atoms with E-state index in [0.29, 0.717) is 24.4 Å². The summed E-state index contributed by atoms with van der Waals surface area (Å²) >= 11 is 0. The topological polar surface area (TPSA) is 182 Å². The van der Waals surface area contributed by atoms with Crippen LogP contribution in [0.5, 0.6) is 5.75 Å². The number of fused-ring (bicyclic) bond motifs is 2. The minimum atomic E-state index is -3.78. The smallest absolute Gasteiger partial charge is 0.271 e. The molecule has 5 atom stereocenters. The monoisotopic (exact) mass is 604 g/mol. The highest BCUT2D eigenvalue weighted by molar-refractivity contribution is 7.57. The van der Waals surface area contributed by atoms with Crippen LogP contribution in [0.4, 0.5) is 0 Å². The second-order valence-corrected chi connectivity index (χ2v) is 12.9. The van der Waals surface area contributed by atoms with E-state index in [2.05, 4.69) is 16.6 Å². The molecule has 228 valence electrons. The van der Waals surface area contributed by atoms with Crippen molar-refractivity contribution >= 4 is 48.3 Å². The quantitative estimate of drug-likeness (QED) is 0.232. The summed E-state index contributed by atoms with van der Waals surface area (Å²) in [6.07, 6.45) is 6.04. The molecule has 3 heterocycles. The summed E-state index contributed by atoms with van der Waals surface area (Å²) in [4.78, 5) is 78.0. The van der Waals surface area contributed by atoms with Crippen molar-refractivity contribution in [3.05, 3.63) is 30.0 Å². The molecule has 13 nitrogen and oxygen atoms in total. The highest BCUT2D eigenvalue weighted by Gasteiger charge is 2.50. The molecule has 2 aromatic rings. The molecule has 0 spiro atoms. The molecule has 3 amide bonds. The van der Waals surface area contributed by atoms with Gasteiger partial charge in [-0.15, -0.1) is 0 Å². The fourth-order valence-corrected chi connectivity index (χ4v) is 6.99. The summed E-state index contributed by atoms with van der Waals surface area (Å²) in [7, 11) is -2.23. The number of carbonyl (C=O) groups excluding carboxylic acids is 4. The number of aromatic amines is 1. The lowest BCUT2D eigenvalue weighted by Gasteiger charge is -2.29. The number of aliphatic hydroxyl groups is 1. The summed E-state index contributed by atoms with van der Waals surface area (Å²) < 4.78 is 10.3. The molecule has 0 radical (unpaired) electrons. The number of hydrogen-bond acceptors (Lipinski definition) is 9. The van der Waals surface area contributed by atoms with Gasteiger partial charge in [-0.2, -0.15) is 0 Å². The molecule has 1 aromatic carbocycles. The second kappa shape index (κ2) is 12.2. The van der Waals surface area contributed by atoms with Crippen molar-refractivity contribution in [1.82, 2.24) is 20.1 Å². The molecule has 5 rings (SSSR count).